The molecule has 1 aromatic rings. The van der Waals surface area contributed by atoms with Crippen LogP contribution in [0.1, 0.15) is 22.8 Å². The topological polar surface area (TPSA) is 52.6 Å². The average Bonchev–Trinajstić information content (AvgIpc) is 2.37. The molecule has 0 heterocycles. The van der Waals surface area contributed by atoms with Crippen LogP contribution in [0, 0.1) is 0 Å². The molecular formula is C15H22O4Si. The molecule has 0 N–H and O–H groups in total. The third kappa shape index (κ3) is 4.20. The summed E-state index contributed by atoms with van der Waals surface area (Å²) >= 11 is 0. The van der Waals surface area contributed by atoms with Crippen LogP contribution >= 0.6 is 0 Å². The van der Waals surface area contributed by atoms with Gasteiger partial charge in [0.05, 0.1) is 33.8 Å². The van der Waals surface area contributed by atoms with E-state index in [9.17, 15) is 9.59 Å². The van der Waals surface area contributed by atoms with E-state index in [4.69, 9.17) is 4.74 Å². The van der Waals surface area contributed by atoms with Gasteiger partial charge < -0.3 is 9.47 Å². The first kappa shape index (κ1) is 16.4. The first-order valence-corrected chi connectivity index (χ1v) is 10.2. The molecule has 20 heavy (non-hydrogen) atoms. The van der Waals surface area contributed by atoms with E-state index in [-0.39, 0.29) is 18.4 Å². The number of ether oxygens (including phenoxy) is 2. The summed E-state index contributed by atoms with van der Waals surface area (Å²) in [7, 11) is -0.345. The highest BCUT2D eigenvalue weighted by molar-refractivity contribution is 6.89. The summed E-state index contributed by atoms with van der Waals surface area (Å²) in [6, 6.07) is 5.48. The second-order valence-corrected chi connectivity index (χ2v) is 10.6. The van der Waals surface area contributed by atoms with E-state index in [2.05, 4.69) is 24.4 Å². The second kappa shape index (κ2) is 6.70. The smallest absolute Gasteiger partial charge is 0.337 e. The van der Waals surface area contributed by atoms with E-state index in [1.165, 1.54) is 7.11 Å². The Bertz CT molecular complexity index is 503. The monoisotopic (exact) mass is 294 g/mol. The van der Waals surface area contributed by atoms with E-state index in [1.807, 2.05) is 6.07 Å². The Morgan fingerprint density at radius 3 is 2.35 bits per heavy atom. The molecule has 1 aromatic carbocycles. The first-order chi connectivity index (χ1) is 9.29. The van der Waals surface area contributed by atoms with Crippen LogP contribution in [0.15, 0.2) is 18.2 Å². The van der Waals surface area contributed by atoms with E-state index < -0.39 is 8.07 Å². The Balaban J connectivity index is 3.20. The number of benzene rings is 1. The van der Waals surface area contributed by atoms with E-state index in [1.54, 1.807) is 19.1 Å². The van der Waals surface area contributed by atoms with Crippen molar-refractivity contribution < 1.29 is 19.1 Å². The fourth-order valence-electron chi connectivity index (χ4n) is 1.95. The fraction of sp³-hybridized carbons (Fsp3) is 0.467. The quantitative estimate of drug-likeness (QED) is 0.616. The van der Waals surface area contributed by atoms with Crippen molar-refractivity contribution in [1.29, 1.82) is 0 Å². The summed E-state index contributed by atoms with van der Waals surface area (Å²) in [5.41, 5.74) is 1.47. The van der Waals surface area contributed by atoms with Crippen LogP contribution in [0.3, 0.4) is 0 Å². The molecule has 0 aliphatic rings. The van der Waals surface area contributed by atoms with Crippen LogP contribution in [0.2, 0.25) is 19.6 Å². The van der Waals surface area contributed by atoms with E-state index >= 15 is 0 Å². The Morgan fingerprint density at radius 1 is 1.20 bits per heavy atom. The van der Waals surface area contributed by atoms with Gasteiger partial charge in [-0.2, -0.15) is 0 Å². The molecule has 110 valence electrons. The SMILES string of the molecule is CCOC(=O)c1ccc(CC(=O)OC)cc1[Si](C)(C)C. The van der Waals surface area contributed by atoms with Crippen LogP contribution in [-0.4, -0.2) is 33.7 Å². The minimum atomic E-state index is -1.72. The number of esters is 2. The molecule has 0 amide bonds. The minimum Gasteiger partial charge on any atom is -0.469 e. The van der Waals surface area contributed by atoms with Crippen molar-refractivity contribution in [2.45, 2.75) is 33.0 Å². The molecule has 0 spiro atoms. The lowest BCUT2D eigenvalue weighted by molar-refractivity contribution is -0.139. The van der Waals surface area contributed by atoms with Gasteiger partial charge in [-0.05, 0) is 23.7 Å². The normalized spacial score (nSPS) is 11.1. The van der Waals surface area contributed by atoms with Crippen LogP contribution in [0.25, 0.3) is 0 Å². The van der Waals surface area contributed by atoms with Crippen molar-refractivity contribution in [1.82, 2.24) is 0 Å². The molecule has 0 saturated heterocycles. The molecule has 0 radical (unpaired) electrons. The molecule has 5 heteroatoms. The Morgan fingerprint density at radius 2 is 1.85 bits per heavy atom. The maximum Gasteiger partial charge on any atom is 0.337 e. The molecule has 0 unspecified atom stereocenters. The lowest BCUT2D eigenvalue weighted by Crippen LogP contribution is -2.42. The average molecular weight is 294 g/mol. The summed E-state index contributed by atoms with van der Waals surface area (Å²) in [6.45, 7) is 8.62. The maximum atomic E-state index is 12.0. The zero-order valence-electron chi connectivity index (χ0n) is 12.8. The molecule has 0 aliphatic heterocycles. The summed E-state index contributed by atoms with van der Waals surface area (Å²) in [5, 5.41) is 1.01. The van der Waals surface area contributed by atoms with E-state index in [0.717, 1.165) is 10.8 Å². The number of rotatable bonds is 5. The van der Waals surface area contributed by atoms with Gasteiger partial charge in [-0.3, -0.25) is 4.79 Å². The number of carbonyl (C=O) groups excluding carboxylic acids is 2. The van der Waals surface area contributed by atoms with Gasteiger partial charge in [-0.1, -0.05) is 31.8 Å². The van der Waals surface area contributed by atoms with Gasteiger partial charge in [-0.25, -0.2) is 4.79 Å². The molecule has 0 fully saturated rings. The van der Waals surface area contributed by atoms with Crippen LogP contribution < -0.4 is 5.19 Å². The van der Waals surface area contributed by atoms with Crippen molar-refractivity contribution in [3.63, 3.8) is 0 Å². The molecule has 0 atom stereocenters. The fourth-order valence-corrected chi connectivity index (χ4v) is 3.56. The van der Waals surface area contributed by atoms with Gasteiger partial charge in [0.25, 0.3) is 0 Å². The van der Waals surface area contributed by atoms with Crippen molar-refractivity contribution in [2.24, 2.45) is 0 Å². The summed E-state index contributed by atoms with van der Waals surface area (Å²) in [4.78, 5) is 23.4. The van der Waals surface area contributed by atoms with E-state index in [0.29, 0.717) is 12.2 Å². The lowest BCUT2D eigenvalue weighted by Gasteiger charge is -2.21. The summed E-state index contributed by atoms with van der Waals surface area (Å²) < 4.78 is 9.77. The molecule has 0 bridgehead atoms. The van der Waals surface area contributed by atoms with Crippen molar-refractivity contribution in [3.8, 4) is 0 Å². The molecular weight excluding hydrogens is 272 g/mol. The molecule has 0 aliphatic carbocycles. The number of hydrogen-bond acceptors (Lipinski definition) is 4. The summed E-state index contributed by atoms with van der Waals surface area (Å²) in [6.07, 6.45) is 0.219. The lowest BCUT2D eigenvalue weighted by atomic mass is 10.1. The first-order valence-electron chi connectivity index (χ1n) is 6.67. The highest BCUT2D eigenvalue weighted by Crippen LogP contribution is 2.12. The third-order valence-electron chi connectivity index (χ3n) is 2.96. The van der Waals surface area contributed by atoms with Gasteiger partial charge in [0, 0.05) is 0 Å². The van der Waals surface area contributed by atoms with Crippen LogP contribution in [0.4, 0.5) is 0 Å². The molecule has 0 saturated carbocycles. The van der Waals surface area contributed by atoms with Gasteiger partial charge in [-0.15, -0.1) is 0 Å². The highest BCUT2D eigenvalue weighted by Gasteiger charge is 2.24. The zero-order chi connectivity index (χ0) is 15.3. The Hall–Kier alpha value is -1.62. The van der Waals surface area contributed by atoms with Gasteiger partial charge in [0.1, 0.15) is 0 Å². The Kier molecular flexibility index (Phi) is 5.50. The molecule has 1 rings (SSSR count). The summed E-state index contributed by atoms with van der Waals surface area (Å²) in [5.74, 6) is -0.579. The van der Waals surface area contributed by atoms with Gasteiger partial charge in [0.15, 0.2) is 0 Å². The number of hydrogen-bond donors (Lipinski definition) is 0. The van der Waals surface area contributed by atoms with Crippen molar-refractivity contribution in [3.05, 3.63) is 29.3 Å². The van der Waals surface area contributed by atoms with Crippen molar-refractivity contribution >= 4 is 25.2 Å². The number of carbonyl (C=O) groups is 2. The second-order valence-electron chi connectivity index (χ2n) is 5.60. The minimum absolute atomic E-state index is 0.219. The largest absolute Gasteiger partial charge is 0.469 e. The van der Waals surface area contributed by atoms with Crippen LogP contribution in [-0.2, 0) is 20.7 Å². The number of methoxy groups -OCH3 is 1. The van der Waals surface area contributed by atoms with Crippen molar-refractivity contribution in [2.75, 3.05) is 13.7 Å². The predicted molar refractivity (Wildman–Crippen MR) is 81.1 cm³/mol. The van der Waals surface area contributed by atoms with Crippen LogP contribution in [0.5, 0.6) is 0 Å². The predicted octanol–water partition coefficient (Wildman–Crippen LogP) is 2.12. The molecule has 0 aromatic heterocycles. The van der Waals surface area contributed by atoms with Gasteiger partial charge in [0.2, 0.25) is 0 Å². The highest BCUT2D eigenvalue weighted by atomic mass is 28.3. The van der Waals surface area contributed by atoms with Gasteiger partial charge >= 0.3 is 11.9 Å². The standard InChI is InChI=1S/C15H22O4Si/c1-6-19-15(17)12-8-7-11(10-14(16)18-2)9-13(12)20(3,4)5/h7-9H,6,10H2,1-5H3. The molecule has 4 nitrogen and oxygen atoms in total. The maximum absolute atomic E-state index is 12.0. The third-order valence-corrected chi connectivity index (χ3v) is 4.99. The zero-order valence-corrected chi connectivity index (χ0v) is 13.8. The Labute approximate surface area is 121 Å².